The van der Waals surface area contributed by atoms with Gasteiger partial charge in [-0.1, -0.05) is 25.0 Å². The fourth-order valence-corrected chi connectivity index (χ4v) is 4.10. The molecule has 2 heterocycles. The van der Waals surface area contributed by atoms with Crippen LogP contribution in [0.4, 0.5) is 5.69 Å². The molecule has 0 unspecified atom stereocenters. The highest BCUT2D eigenvalue weighted by molar-refractivity contribution is 6.04. The minimum absolute atomic E-state index is 0.148. The Hall–Kier alpha value is -2.31. The first-order valence-corrected chi connectivity index (χ1v) is 10.3. The zero-order chi connectivity index (χ0) is 19.3. The minimum atomic E-state index is -0.154. The average molecular weight is 380 g/mol. The number of aliphatic hydroxyl groups is 1. The van der Waals surface area contributed by atoms with Crippen molar-refractivity contribution in [1.82, 2.24) is 14.9 Å². The van der Waals surface area contributed by atoms with Crippen molar-refractivity contribution in [3.8, 4) is 0 Å². The molecule has 0 radical (unpaired) electrons. The van der Waals surface area contributed by atoms with Gasteiger partial charge < -0.3 is 10.4 Å². The third kappa shape index (κ3) is 4.75. The molecule has 1 aromatic heterocycles. The molecule has 6 nitrogen and oxygen atoms in total. The van der Waals surface area contributed by atoms with E-state index in [-0.39, 0.29) is 12.0 Å². The van der Waals surface area contributed by atoms with E-state index in [9.17, 15) is 9.90 Å². The molecule has 2 aromatic rings. The van der Waals surface area contributed by atoms with Crippen LogP contribution in [-0.4, -0.2) is 45.1 Å². The Balaban J connectivity index is 1.32. The van der Waals surface area contributed by atoms with Crippen LogP contribution in [0.15, 0.2) is 36.7 Å². The number of rotatable bonds is 5. The molecule has 6 heteroatoms. The standard InChI is InChI=1S/C22H28N4O2/c27-20-9-11-26(12-10-20)15-16-5-7-18(8-6-16)22(28)25-19-13-23-21(24-14-19)17-3-1-2-4-17/h5-8,13-14,17,20,27H,1-4,9-12,15H2,(H,25,28). The smallest absolute Gasteiger partial charge is 0.255 e. The molecule has 28 heavy (non-hydrogen) atoms. The number of benzene rings is 1. The van der Waals surface area contributed by atoms with Gasteiger partial charge in [0.25, 0.3) is 5.91 Å². The molecular weight excluding hydrogens is 352 g/mol. The zero-order valence-corrected chi connectivity index (χ0v) is 16.2. The molecule has 1 aliphatic heterocycles. The molecule has 1 aliphatic carbocycles. The van der Waals surface area contributed by atoms with Gasteiger partial charge in [-0.05, 0) is 43.4 Å². The molecule has 1 saturated heterocycles. The number of aromatic nitrogens is 2. The molecule has 2 fully saturated rings. The van der Waals surface area contributed by atoms with Gasteiger partial charge in [0.05, 0.1) is 24.2 Å². The number of hydrogen-bond donors (Lipinski definition) is 2. The van der Waals surface area contributed by atoms with Crippen molar-refractivity contribution in [2.75, 3.05) is 18.4 Å². The lowest BCUT2D eigenvalue weighted by molar-refractivity contribution is 0.0792. The third-order valence-electron chi connectivity index (χ3n) is 5.83. The number of amides is 1. The Bertz CT molecular complexity index is 777. The second kappa shape index (κ2) is 8.80. The lowest BCUT2D eigenvalue weighted by Crippen LogP contribution is -2.35. The molecule has 2 N–H and O–H groups in total. The van der Waals surface area contributed by atoms with E-state index in [0.717, 1.165) is 51.1 Å². The van der Waals surface area contributed by atoms with Crippen molar-refractivity contribution >= 4 is 11.6 Å². The van der Waals surface area contributed by atoms with Gasteiger partial charge in [0.1, 0.15) is 5.82 Å². The second-order valence-electron chi connectivity index (χ2n) is 7.97. The number of hydrogen-bond acceptors (Lipinski definition) is 5. The van der Waals surface area contributed by atoms with Crippen molar-refractivity contribution in [3.05, 3.63) is 53.6 Å². The van der Waals surface area contributed by atoms with E-state index in [4.69, 9.17) is 0 Å². The van der Waals surface area contributed by atoms with E-state index in [1.807, 2.05) is 24.3 Å². The van der Waals surface area contributed by atoms with Crippen molar-refractivity contribution in [1.29, 1.82) is 0 Å². The van der Waals surface area contributed by atoms with Gasteiger partial charge in [-0.25, -0.2) is 9.97 Å². The van der Waals surface area contributed by atoms with E-state index in [0.29, 0.717) is 17.2 Å². The maximum absolute atomic E-state index is 12.5. The molecule has 0 atom stereocenters. The van der Waals surface area contributed by atoms with Gasteiger partial charge >= 0.3 is 0 Å². The number of nitrogens with one attached hydrogen (secondary N) is 1. The molecule has 148 valence electrons. The summed E-state index contributed by atoms with van der Waals surface area (Å²) in [6, 6.07) is 7.72. The molecule has 1 aromatic carbocycles. The summed E-state index contributed by atoms with van der Waals surface area (Å²) in [5.41, 5.74) is 2.43. The van der Waals surface area contributed by atoms with Crippen LogP contribution in [0.5, 0.6) is 0 Å². The molecule has 2 aliphatic rings. The number of anilines is 1. The number of aliphatic hydroxyl groups excluding tert-OH is 1. The second-order valence-corrected chi connectivity index (χ2v) is 7.97. The Morgan fingerprint density at radius 1 is 1.04 bits per heavy atom. The summed E-state index contributed by atoms with van der Waals surface area (Å²) in [5, 5.41) is 12.5. The van der Waals surface area contributed by atoms with Crippen LogP contribution in [-0.2, 0) is 6.54 Å². The lowest BCUT2D eigenvalue weighted by atomic mass is 10.1. The first kappa shape index (κ1) is 19.0. The Morgan fingerprint density at radius 2 is 1.68 bits per heavy atom. The number of likely N-dealkylation sites (tertiary alicyclic amines) is 1. The molecule has 4 rings (SSSR count). The third-order valence-corrected chi connectivity index (χ3v) is 5.83. The molecule has 0 bridgehead atoms. The largest absolute Gasteiger partial charge is 0.393 e. The van der Waals surface area contributed by atoms with Gasteiger partial charge in [0.15, 0.2) is 0 Å². The van der Waals surface area contributed by atoms with E-state index in [1.54, 1.807) is 12.4 Å². The first-order chi connectivity index (χ1) is 13.7. The number of carbonyl (C=O) groups excluding carboxylic acids is 1. The maximum Gasteiger partial charge on any atom is 0.255 e. The summed E-state index contributed by atoms with van der Waals surface area (Å²) in [5.74, 6) is 1.22. The highest BCUT2D eigenvalue weighted by Gasteiger charge is 2.20. The number of piperidine rings is 1. The monoisotopic (exact) mass is 380 g/mol. The Kier molecular flexibility index (Phi) is 5.98. The van der Waals surface area contributed by atoms with E-state index in [2.05, 4.69) is 20.2 Å². The maximum atomic E-state index is 12.5. The highest BCUT2D eigenvalue weighted by atomic mass is 16.3. The average Bonchev–Trinajstić information content (AvgIpc) is 3.26. The van der Waals surface area contributed by atoms with Crippen LogP contribution < -0.4 is 5.32 Å². The van der Waals surface area contributed by atoms with E-state index >= 15 is 0 Å². The van der Waals surface area contributed by atoms with Gasteiger partial charge in [-0.15, -0.1) is 0 Å². The predicted molar refractivity (Wildman–Crippen MR) is 108 cm³/mol. The predicted octanol–water partition coefficient (Wildman–Crippen LogP) is 3.34. The van der Waals surface area contributed by atoms with Crippen LogP contribution in [0.1, 0.15) is 66.2 Å². The SMILES string of the molecule is O=C(Nc1cnc(C2CCCC2)nc1)c1ccc(CN2CCC(O)CC2)cc1. The fourth-order valence-electron chi connectivity index (χ4n) is 4.10. The molecule has 1 amide bonds. The highest BCUT2D eigenvalue weighted by Crippen LogP contribution is 2.31. The fraction of sp³-hybridized carbons (Fsp3) is 0.500. The molecule has 0 spiro atoms. The summed E-state index contributed by atoms with van der Waals surface area (Å²) in [6.45, 7) is 2.69. The van der Waals surface area contributed by atoms with Crippen molar-refractivity contribution in [2.45, 2.75) is 57.1 Å². The lowest BCUT2D eigenvalue weighted by Gasteiger charge is -2.29. The summed E-state index contributed by atoms with van der Waals surface area (Å²) < 4.78 is 0. The van der Waals surface area contributed by atoms with Crippen LogP contribution in [0.2, 0.25) is 0 Å². The minimum Gasteiger partial charge on any atom is -0.393 e. The van der Waals surface area contributed by atoms with Gasteiger partial charge in [-0.3, -0.25) is 9.69 Å². The summed E-state index contributed by atoms with van der Waals surface area (Å²) >= 11 is 0. The Labute approximate surface area is 166 Å². The van der Waals surface area contributed by atoms with Crippen LogP contribution >= 0.6 is 0 Å². The van der Waals surface area contributed by atoms with E-state index in [1.165, 1.54) is 18.4 Å². The Morgan fingerprint density at radius 3 is 2.32 bits per heavy atom. The van der Waals surface area contributed by atoms with Gasteiger partial charge in [0.2, 0.25) is 0 Å². The van der Waals surface area contributed by atoms with Crippen molar-refractivity contribution in [3.63, 3.8) is 0 Å². The van der Waals surface area contributed by atoms with E-state index < -0.39 is 0 Å². The summed E-state index contributed by atoms with van der Waals surface area (Å²) in [6.07, 6.45) is 9.76. The van der Waals surface area contributed by atoms with Crippen LogP contribution in [0.3, 0.4) is 0 Å². The van der Waals surface area contributed by atoms with Crippen LogP contribution in [0.25, 0.3) is 0 Å². The summed E-state index contributed by atoms with van der Waals surface area (Å²) in [7, 11) is 0. The topological polar surface area (TPSA) is 78.4 Å². The molecule has 1 saturated carbocycles. The number of carbonyl (C=O) groups is 1. The van der Waals surface area contributed by atoms with Crippen molar-refractivity contribution < 1.29 is 9.90 Å². The first-order valence-electron chi connectivity index (χ1n) is 10.3. The van der Waals surface area contributed by atoms with Crippen LogP contribution in [0, 0.1) is 0 Å². The number of nitrogens with zero attached hydrogens (tertiary/aromatic N) is 3. The van der Waals surface area contributed by atoms with Gasteiger partial charge in [0, 0.05) is 31.1 Å². The quantitative estimate of drug-likeness (QED) is 0.832. The molecular formula is C22H28N4O2. The van der Waals surface area contributed by atoms with Crippen molar-refractivity contribution in [2.24, 2.45) is 0 Å². The van der Waals surface area contributed by atoms with Gasteiger partial charge in [-0.2, -0.15) is 0 Å². The zero-order valence-electron chi connectivity index (χ0n) is 16.2. The normalized spacial score (nSPS) is 19.0. The summed E-state index contributed by atoms with van der Waals surface area (Å²) in [4.78, 5) is 23.7.